The first-order chi connectivity index (χ1) is 12.3. The number of carbonyl (C=O) groups excluding carboxylic acids is 2. The molecule has 1 aromatic carbocycles. The first-order valence-electron chi connectivity index (χ1n) is 8.74. The third-order valence-electron chi connectivity index (χ3n) is 6.61. The highest BCUT2D eigenvalue weighted by atomic mass is 32.2. The van der Waals surface area contributed by atoms with Gasteiger partial charge in [0, 0.05) is 0 Å². The van der Waals surface area contributed by atoms with E-state index >= 15 is 0 Å². The van der Waals surface area contributed by atoms with Crippen LogP contribution in [0.3, 0.4) is 0 Å². The van der Waals surface area contributed by atoms with E-state index in [0.717, 1.165) is 12.0 Å². The monoisotopic (exact) mass is 374 g/mol. The van der Waals surface area contributed by atoms with E-state index in [-0.39, 0.29) is 34.7 Å². The summed E-state index contributed by atoms with van der Waals surface area (Å²) in [6.45, 7) is 1.96. The van der Waals surface area contributed by atoms with Crippen LogP contribution in [-0.4, -0.2) is 27.0 Å². The molecule has 6 nitrogen and oxygen atoms in total. The van der Waals surface area contributed by atoms with Gasteiger partial charge in [0.2, 0.25) is 0 Å². The van der Waals surface area contributed by atoms with Gasteiger partial charge in [-0.3, -0.25) is 13.8 Å². The van der Waals surface area contributed by atoms with Crippen LogP contribution in [0.5, 0.6) is 0 Å². The summed E-state index contributed by atoms with van der Waals surface area (Å²) in [5.41, 5.74) is 0.759. The summed E-state index contributed by atoms with van der Waals surface area (Å²) in [5.74, 6) is -1.75. The van der Waals surface area contributed by atoms with Crippen LogP contribution in [0, 0.1) is 41.9 Å². The number of rotatable bonds is 4. The molecule has 1 aliphatic heterocycles. The molecule has 1 heterocycles. The Morgan fingerprint density at radius 3 is 2.23 bits per heavy atom. The van der Waals surface area contributed by atoms with Gasteiger partial charge in [0.25, 0.3) is 10.1 Å². The smallest absolute Gasteiger partial charge is 0.318 e. The molecule has 2 saturated carbocycles. The van der Waals surface area contributed by atoms with Gasteiger partial charge in [-0.25, -0.2) is 0 Å². The Balaban J connectivity index is 1.32. The first kappa shape index (κ1) is 16.2. The van der Waals surface area contributed by atoms with Gasteiger partial charge < -0.3 is 4.74 Å². The molecule has 5 rings (SSSR count). The highest BCUT2D eigenvalue weighted by Gasteiger charge is 2.77. The highest BCUT2D eigenvalue weighted by molar-refractivity contribution is 7.86. The van der Waals surface area contributed by atoms with Crippen molar-refractivity contribution in [2.75, 3.05) is 6.61 Å². The first-order valence-corrected chi connectivity index (χ1v) is 10.2. The van der Waals surface area contributed by atoms with E-state index in [1.807, 2.05) is 19.1 Å². The Hall–Kier alpha value is -1.99. The number of allylic oxidation sites excluding steroid dienone is 2. The van der Waals surface area contributed by atoms with Gasteiger partial charge >= 0.3 is 11.9 Å². The molecule has 3 aliphatic carbocycles. The number of benzene rings is 1. The predicted octanol–water partition coefficient (Wildman–Crippen LogP) is 1.84. The Labute approximate surface area is 151 Å². The molecule has 4 aliphatic rings. The summed E-state index contributed by atoms with van der Waals surface area (Å²) in [6.07, 6.45) is 4.77. The lowest BCUT2D eigenvalue weighted by molar-refractivity contribution is -0.155. The lowest BCUT2D eigenvalue weighted by Gasteiger charge is -2.18. The van der Waals surface area contributed by atoms with Gasteiger partial charge in [-0.2, -0.15) is 8.42 Å². The summed E-state index contributed by atoms with van der Waals surface area (Å²) in [7, 11) is -3.81. The maximum atomic E-state index is 12.4. The summed E-state index contributed by atoms with van der Waals surface area (Å²) < 4.78 is 34.9. The molecular weight excluding hydrogens is 356 g/mol. The van der Waals surface area contributed by atoms with Gasteiger partial charge in [-0.15, -0.1) is 0 Å². The van der Waals surface area contributed by atoms with Crippen molar-refractivity contribution in [3.63, 3.8) is 0 Å². The number of ether oxygens (including phenoxy) is 1. The van der Waals surface area contributed by atoms with Crippen molar-refractivity contribution in [3.8, 4) is 0 Å². The fraction of sp³-hybridized carbons (Fsp3) is 0.474. The Morgan fingerprint density at radius 2 is 1.65 bits per heavy atom. The van der Waals surface area contributed by atoms with Crippen LogP contribution >= 0.6 is 0 Å². The average Bonchev–Trinajstić information content (AvgIpc) is 2.99. The number of esters is 2. The highest BCUT2D eigenvalue weighted by Crippen LogP contribution is 2.76. The van der Waals surface area contributed by atoms with Crippen LogP contribution in [0.25, 0.3) is 0 Å². The molecular formula is C19H18O6S. The number of hydrogen-bond acceptors (Lipinski definition) is 6. The molecule has 0 radical (unpaired) electrons. The molecule has 2 bridgehead atoms. The Kier molecular flexibility index (Phi) is 3.14. The second-order valence-corrected chi connectivity index (χ2v) is 9.41. The second kappa shape index (κ2) is 5.04. The van der Waals surface area contributed by atoms with Crippen LogP contribution in [0.4, 0.5) is 0 Å². The van der Waals surface area contributed by atoms with Gasteiger partial charge in [0.05, 0.1) is 23.3 Å². The zero-order chi connectivity index (χ0) is 18.3. The summed E-state index contributed by atoms with van der Waals surface area (Å²) in [6, 6.07) is 6.53. The van der Waals surface area contributed by atoms with E-state index in [2.05, 4.69) is 0 Å². The van der Waals surface area contributed by atoms with Gasteiger partial charge in [0.1, 0.15) is 0 Å². The molecule has 1 aromatic rings. The molecule has 1 saturated heterocycles. The maximum absolute atomic E-state index is 12.4. The van der Waals surface area contributed by atoms with Crippen molar-refractivity contribution in [1.29, 1.82) is 0 Å². The van der Waals surface area contributed by atoms with Gasteiger partial charge in [-0.1, -0.05) is 29.8 Å². The van der Waals surface area contributed by atoms with Crippen molar-refractivity contribution >= 4 is 22.1 Å². The van der Waals surface area contributed by atoms with Crippen molar-refractivity contribution in [2.45, 2.75) is 18.2 Å². The quantitative estimate of drug-likeness (QED) is 0.346. The van der Waals surface area contributed by atoms with E-state index in [4.69, 9.17) is 8.92 Å². The summed E-state index contributed by atoms with van der Waals surface area (Å²) >= 11 is 0. The lowest BCUT2D eigenvalue weighted by atomic mass is 9.85. The number of aryl methyl sites for hydroxylation is 1. The normalized spacial score (nSPS) is 39.5. The van der Waals surface area contributed by atoms with Crippen molar-refractivity contribution in [1.82, 2.24) is 0 Å². The van der Waals surface area contributed by atoms with Crippen LogP contribution in [0.1, 0.15) is 12.0 Å². The standard InChI is InChI=1S/C19H18O6S/c1-10-2-4-12(5-3-10)26(22,23)24-9-11-8-19(11)13-6-7-14(19)16-15(13)17(20)25-18(16)21/h2-7,11,13-16H,8-9H2,1H3/t11?,13-,14+,15+,16-,19?. The number of carbonyl (C=O) groups is 2. The molecule has 0 aromatic heterocycles. The van der Waals surface area contributed by atoms with Crippen LogP contribution < -0.4 is 0 Å². The average molecular weight is 374 g/mol. The largest absolute Gasteiger partial charge is 0.393 e. The minimum atomic E-state index is -3.81. The number of cyclic esters (lactones) is 2. The minimum Gasteiger partial charge on any atom is -0.393 e. The molecule has 6 atom stereocenters. The molecule has 26 heavy (non-hydrogen) atoms. The number of hydrogen-bond donors (Lipinski definition) is 0. The molecule has 0 N–H and O–H groups in total. The Bertz CT molecular complexity index is 915. The maximum Gasteiger partial charge on any atom is 0.318 e. The van der Waals surface area contributed by atoms with Crippen molar-refractivity contribution < 1.29 is 26.9 Å². The van der Waals surface area contributed by atoms with Crippen LogP contribution in [0.2, 0.25) is 0 Å². The van der Waals surface area contributed by atoms with E-state index in [9.17, 15) is 18.0 Å². The fourth-order valence-corrected chi connectivity index (χ4v) is 6.29. The van der Waals surface area contributed by atoms with Crippen LogP contribution in [-0.2, 0) is 28.6 Å². The zero-order valence-corrected chi connectivity index (χ0v) is 14.9. The fourth-order valence-electron chi connectivity index (χ4n) is 5.34. The van der Waals surface area contributed by atoms with E-state index in [0.29, 0.717) is 0 Å². The molecule has 3 fully saturated rings. The molecule has 7 heteroatoms. The van der Waals surface area contributed by atoms with Crippen molar-refractivity contribution in [3.05, 3.63) is 42.0 Å². The SMILES string of the molecule is Cc1ccc(S(=O)(=O)OCC2CC23[C@@H]2C=C[C@H]3[C@H]3C(=O)OC(=O)[C@H]32)cc1. The second-order valence-electron chi connectivity index (χ2n) is 7.79. The van der Waals surface area contributed by atoms with E-state index in [1.54, 1.807) is 12.1 Å². The molecule has 0 amide bonds. The summed E-state index contributed by atoms with van der Waals surface area (Å²) in [5, 5.41) is 0. The van der Waals surface area contributed by atoms with Crippen LogP contribution in [0.15, 0.2) is 41.3 Å². The third kappa shape index (κ3) is 1.98. The van der Waals surface area contributed by atoms with Gasteiger partial charge in [0.15, 0.2) is 0 Å². The van der Waals surface area contributed by atoms with Crippen molar-refractivity contribution in [2.24, 2.45) is 35.0 Å². The molecule has 136 valence electrons. The van der Waals surface area contributed by atoms with Gasteiger partial charge in [-0.05, 0) is 48.6 Å². The Morgan fingerprint density at radius 1 is 1.08 bits per heavy atom. The number of fused-ring (bicyclic) bond motifs is 3. The minimum absolute atomic E-state index is 0.0268. The molecule has 2 unspecified atom stereocenters. The summed E-state index contributed by atoms with van der Waals surface area (Å²) in [4.78, 5) is 24.1. The van der Waals surface area contributed by atoms with E-state index in [1.165, 1.54) is 12.1 Å². The third-order valence-corrected chi connectivity index (χ3v) is 7.90. The molecule has 1 spiro atoms. The van der Waals surface area contributed by atoms with E-state index < -0.39 is 33.9 Å². The topological polar surface area (TPSA) is 86.7 Å². The lowest BCUT2D eigenvalue weighted by Crippen LogP contribution is -2.22. The zero-order valence-electron chi connectivity index (χ0n) is 14.1. The predicted molar refractivity (Wildman–Crippen MR) is 89.1 cm³/mol.